The summed E-state index contributed by atoms with van der Waals surface area (Å²) in [5, 5.41) is 0. The second kappa shape index (κ2) is 13.2. The van der Waals surface area contributed by atoms with Crippen LogP contribution in [0.5, 0.6) is 11.5 Å². The van der Waals surface area contributed by atoms with Gasteiger partial charge in [-0.1, -0.05) is 6.07 Å². The average Bonchev–Trinajstić information content (AvgIpc) is 2.89. The van der Waals surface area contributed by atoms with Crippen LogP contribution < -0.4 is 9.47 Å². The van der Waals surface area contributed by atoms with Gasteiger partial charge in [0.2, 0.25) is 0 Å². The highest BCUT2D eigenvalue weighted by Crippen LogP contribution is 2.36. The maximum absolute atomic E-state index is 14.9. The van der Waals surface area contributed by atoms with E-state index < -0.39 is 60.3 Å². The summed E-state index contributed by atoms with van der Waals surface area (Å²) in [5.74, 6) is -8.11. The van der Waals surface area contributed by atoms with E-state index in [0.29, 0.717) is 0 Å². The van der Waals surface area contributed by atoms with Crippen molar-refractivity contribution in [3.63, 3.8) is 0 Å². The molecule has 2 aliphatic rings. The Bertz CT molecular complexity index is 977. The van der Waals surface area contributed by atoms with E-state index in [2.05, 4.69) is 0 Å². The zero-order chi connectivity index (χ0) is 31.3. The molecule has 42 heavy (non-hydrogen) atoms. The number of alkyl halides is 4. The monoisotopic (exact) mass is 604 g/mol. The van der Waals surface area contributed by atoms with Gasteiger partial charge >= 0.3 is 12.2 Å². The summed E-state index contributed by atoms with van der Waals surface area (Å²) in [4.78, 5) is 27.3. The summed E-state index contributed by atoms with van der Waals surface area (Å²) in [6.07, 6.45) is -0.632. The van der Waals surface area contributed by atoms with Gasteiger partial charge in [0.15, 0.2) is 13.2 Å². The van der Waals surface area contributed by atoms with Gasteiger partial charge in [-0.25, -0.2) is 27.2 Å². The molecule has 8 nitrogen and oxygen atoms in total. The highest BCUT2D eigenvalue weighted by molar-refractivity contribution is 5.68. The third-order valence-corrected chi connectivity index (χ3v) is 7.16. The number of hydrogen-bond acceptors (Lipinski definition) is 6. The highest BCUT2D eigenvalue weighted by atomic mass is 19.3. The molecule has 12 heteroatoms. The van der Waals surface area contributed by atoms with Crippen LogP contribution >= 0.6 is 0 Å². The van der Waals surface area contributed by atoms with Crippen LogP contribution in [-0.2, 0) is 9.47 Å². The molecule has 0 atom stereocenters. The Hall–Kier alpha value is -2.92. The molecule has 0 aromatic heterocycles. The van der Waals surface area contributed by atoms with Crippen LogP contribution in [0.3, 0.4) is 0 Å². The summed E-state index contributed by atoms with van der Waals surface area (Å²) in [6, 6.07) is 5.71. The quantitative estimate of drug-likeness (QED) is 0.297. The molecule has 2 aliphatic heterocycles. The van der Waals surface area contributed by atoms with Crippen LogP contribution in [0.15, 0.2) is 24.3 Å². The van der Waals surface area contributed by atoms with Crippen molar-refractivity contribution in [2.24, 2.45) is 11.8 Å². The predicted octanol–water partition coefficient (Wildman–Crippen LogP) is 7.01. The fourth-order valence-electron chi connectivity index (χ4n) is 4.87. The lowest BCUT2D eigenvalue weighted by Crippen LogP contribution is -2.46. The van der Waals surface area contributed by atoms with Crippen LogP contribution in [0.4, 0.5) is 27.2 Å². The van der Waals surface area contributed by atoms with E-state index in [4.69, 9.17) is 18.9 Å². The lowest BCUT2D eigenvalue weighted by atomic mass is 9.91. The summed E-state index contributed by atoms with van der Waals surface area (Å²) in [6.45, 7) is 9.32. The predicted molar refractivity (Wildman–Crippen MR) is 148 cm³/mol. The molecule has 1 aromatic rings. The van der Waals surface area contributed by atoms with Crippen molar-refractivity contribution in [2.75, 3.05) is 39.4 Å². The molecule has 0 spiro atoms. The molecule has 0 unspecified atom stereocenters. The number of nitrogens with zero attached hydrogens (tertiary/aromatic N) is 2. The van der Waals surface area contributed by atoms with E-state index in [1.165, 1.54) is 34.1 Å². The molecule has 238 valence electrons. The average molecular weight is 605 g/mol. The molecular formula is C30H44F4N2O6. The molecule has 2 amide bonds. The minimum Gasteiger partial charge on any atom is -0.487 e. The summed E-state index contributed by atoms with van der Waals surface area (Å²) in [7, 11) is 0. The first-order valence-electron chi connectivity index (χ1n) is 14.4. The van der Waals surface area contributed by atoms with Crippen molar-refractivity contribution in [2.45, 2.75) is 90.3 Å². The van der Waals surface area contributed by atoms with Gasteiger partial charge in [-0.15, -0.1) is 0 Å². The van der Waals surface area contributed by atoms with E-state index in [-0.39, 0.29) is 63.4 Å². The molecule has 3 rings (SSSR count). The lowest BCUT2D eigenvalue weighted by molar-refractivity contribution is -0.107. The number of hydrogen-bond donors (Lipinski definition) is 0. The minimum absolute atomic E-state index is 0.0763. The Morgan fingerprint density at radius 3 is 1.33 bits per heavy atom. The third kappa shape index (κ3) is 10.1. The number of likely N-dealkylation sites (tertiary alicyclic amines) is 2. The third-order valence-electron chi connectivity index (χ3n) is 7.16. The van der Waals surface area contributed by atoms with Crippen LogP contribution in [0.1, 0.15) is 67.2 Å². The zero-order valence-corrected chi connectivity index (χ0v) is 25.4. The normalized spacial score (nSPS) is 18.0. The molecule has 0 saturated carbocycles. The highest BCUT2D eigenvalue weighted by Gasteiger charge is 2.44. The Kier molecular flexibility index (Phi) is 10.5. The maximum atomic E-state index is 14.9. The van der Waals surface area contributed by atoms with Gasteiger partial charge < -0.3 is 28.7 Å². The van der Waals surface area contributed by atoms with Crippen molar-refractivity contribution in [1.82, 2.24) is 9.80 Å². The molecule has 0 radical (unpaired) electrons. The van der Waals surface area contributed by atoms with Crippen molar-refractivity contribution in [3.05, 3.63) is 24.3 Å². The van der Waals surface area contributed by atoms with Gasteiger partial charge in [0.25, 0.3) is 11.8 Å². The van der Waals surface area contributed by atoms with Crippen molar-refractivity contribution in [1.29, 1.82) is 0 Å². The molecule has 0 aliphatic carbocycles. The molecule has 0 bridgehead atoms. The topological polar surface area (TPSA) is 77.5 Å². The zero-order valence-electron chi connectivity index (χ0n) is 25.4. The van der Waals surface area contributed by atoms with Gasteiger partial charge in [0.05, 0.1) is 0 Å². The van der Waals surface area contributed by atoms with E-state index in [1.54, 1.807) is 41.5 Å². The lowest BCUT2D eigenvalue weighted by Gasteiger charge is -2.36. The Morgan fingerprint density at radius 1 is 0.690 bits per heavy atom. The number of benzene rings is 1. The maximum Gasteiger partial charge on any atom is 0.410 e. The molecule has 2 fully saturated rings. The standard InChI is InChI=1S/C30H44F4N2O6/c1-27(2,3)41-25(37)35-14-10-21(11-15-35)29(31,32)19-39-23-8-7-9-24(18-23)40-20-30(33,34)22-12-16-36(17-13-22)26(38)42-28(4,5)6/h7-9,18,21-22H,10-17,19-20H2,1-6H3. The number of carbonyl (C=O) groups is 2. The molecule has 2 heterocycles. The van der Waals surface area contributed by atoms with Crippen molar-refractivity contribution in [3.8, 4) is 11.5 Å². The Morgan fingerprint density at radius 2 is 1.02 bits per heavy atom. The summed E-state index contributed by atoms with van der Waals surface area (Å²) < 4.78 is 81.1. The number of rotatable bonds is 8. The fourth-order valence-corrected chi connectivity index (χ4v) is 4.87. The molecule has 0 N–H and O–H groups in total. The van der Waals surface area contributed by atoms with Gasteiger partial charge in [-0.2, -0.15) is 0 Å². The molecule has 1 aromatic carbocycles. The van der Waals surface area contributed by atoms with E-state index in [1.807, 2.05) is 0 Å². The number of piperidine rings is 2. The van der Waals surface area contributed by atoms with Crippen LogP contribution in [-0.4, -0.2) is 84.4 Å². The van der Waals surface area contributed by atoms with E-state index in [9.17, 15) is 27.2 Å². The SMILES string of the molecule is CC(C)(C)OC(=O)N1CCC(C(F)(F)COc2cccc(OCC(F)(F)C3CCN(C(=O)OC(C)(C)C)CC3)c2)CC1. The van der Waals surface area contributed by atoms with Crippen molar-refractivity contribution >= 4 is 12.2 Å². The van der Waals surface area contributed by atoms with Crippen LogP contribution in [0.2, 0.25) is 0 Å². The second-order valence-electron chi connectivity index (χ2n) is 13.1. The first kappa shape index (κ1) is 33.6. The smallest absolute Gasteiger partial charge is 0.410 e. The van der Waals surface area contributed by atoms with Gasteiger partial charge in [-0.3, -0.25) is 0 Å². The number of ether oxygens (including phenoxy) is 4. The van der Waals surface area contributed by atoms with Crippen molar-refractivity contribution < 1.29 is 46.1 Å². The second-order valence-corrected chi connectivity index (χ2v) is 13.1. The van der Waals surface area contributed by atoms with Gasteiger partial charge in [0.1, 0.15) is 22.7 Å². The van der Waals surface area contributed by atoms with Crippen LogP contribution in [0, 0.1) is 11.8 Å². The Balaban J connectivity index is 1.45. The summed E-state index contributed by atoms with van der Waals surface area (Å²) >= 11 is 0. The number of halogens is 4. The fraction of sp³-hybridized carbons (Fsp3) is 0.733. The van der Waals surface area contributed by atoms with Gasteiger partial charge in [-0.05, 0) is 79.4 Å². The minimum atomic E-state index is -3.15. The van der Waals surface area contributed by atoms with E-state index in [0.717, 1.165) is 0 Å². The first-order chi connectivity index (χ1) is 19.3. The summed E-state index contributed by atoms with van der Waals surface area (Å²) in [5.41, 5.74) is -1.33. The van der Waals surface area contributed by atoms with Crippen LogP contribution in [0.25, 0.3) is 0 Å². The number of carbonyl (C=O) groups excluding carboxylic acids is 2. The molecule has 2 saturated heterocycles. The Labute approximate surface area is 245 Å². The molecular weight excluding hydrogens is 560 g/mol. The largest absolute Gasteiger partial charge is 0.487 e. The van der Waals surface area contributed by atoms with Gasteiger partial charge in [0, 0.05) is 44.1 Å². The first-order valence-corrected chi connectivity index (χ1v) is 14.4. The van der Waals surface area contributed by atoms with E-state index >= 15 is 0 Å². The number of amides is 2.